The number of likely N-dealkylation sites (N-methyl/N-ethyl adjacent to an activating group) is 1. The van der Waals surface area contributed by atoms with Gasteiger partial charge in [-0.3, -0.25) is 9.59 Å². The Balaban J connectivity index is 0.00000392. The van der Waals surface area contributed by atoms with Gasteiger partial charge in [-0.2, -0.15) is 0 Å². The van der Waals surface area contributed by atoms with E-state index in [1.165, 1.54) is 36.3 Å². The highest BCUT2D eigenvalue weighted by molar-refractivity contribution is 6.33. The highest BCUT2D eigenvalue weighted by Crippen LogP contribution is 2.29. The summed E-state index contributed by atoms with van der Waals surface area (Å²) in [5.41, 5.74) is 7.01. The number of nitrogens with one attached hydrogen (secondary N) is 1. The monoisotopic (exact) mass is 429 g/mol. The molecule has 0 atom stereocenters. The van der Waals surface area contributed by atoms with Crippen LogP contribution in [0.3, 0.4) is 0 Å². The summed E-state index contributed by atoms with van der Waals surface area (Å²) in [6, 6.07) is 8.70. The van der Waals surface area contributed by atoms with Crippen molar-refractivity contribution in [1.29, 1.82) is 0 Å². The lowest BCUT2D eigenvalue weighted by atomic mass is 10.1. The van der Waals surface area contributed by atoms with Gasteiger partial charge < -0.3 is 20.7 Å². The molecular formula is C19H22Cl2FN3O3. The summed E-state index contributed by atoms with van der Waals surface area (Å²) in [7, 11) is 1.42. The van der Waals surface area contributed by atoms with E-state index in [1.54, 1.807) is 19.1 Å². The second kappa shape index (κ2) is 10.7. The molecule has 0 aliphatic heterocycles. The molecule has 0 aliphatic carbocycles. The number of nitrogen functional groups attached to an aromatic ring is 1. The van der Waals surface area contributed by atoms with Gasteiger partial charge in [-0.05, 0) is 30.7 Å². The molecule has 2 amide bonds. The Kier molecular flexibility index (Phi) is 9.02. The summed E-state index contributed by atoms with van der Waals surface area (Å²) in [6.45, 7) is 2.17. The zero-order valence-electron chi connectivity index (χ0n) is 15.5. The number of benzene rings is 2. The van der Waals surface area contributed by atoms with Gasteiger partial charge in [-0.25, -0.2) is 4.39 Å². The first kappa shape index (κ1) is 23.5. The number of anilines is 1. The third kappa shape index (κ3) is 6.00. The van der Waals surface area contributed by atoms with Crippen molar-refractivity contribution >= 4 is 41.5 Å². The molecule has 152 valence electrons. The van der Waals surface area contributed by atoms with Crippen molar-refractivity contribution in [1.82, 2.24) is 10.2 Å². The molecule has 2 aromatic rings. The minimum absolute atomic E-state index is 0. The average molecular weight is 430 g/mol. The standard InChI is InChI=1S/C19H21ClFN3O3.ClH/c1-3-24(11-18(25)23-10-12-4-6-13(21)7-5-12)19(26)14-8-15(20)16(22)9-17(14)27-2;/h4-9H,3,10-11,22H2,1-2H3,(H,23,25);1H. The van der Waals surface area contributed by atoms with E-state index >= 15 is 0 Å². The van der Waals surface area contributed by atoms with Crippen molar-refractivity contribution in [3.63, 3.8) is 0 Å². The Labute approximate surface area is 174 Å². The van der Waals surface area contributed by atoms with Gasteiger partial charge in [-0.1, -0.05) is 23.7 Å². The molecule has 6 nitrogen and oxygen atoms in total. The molecule has 2 aromatic carbocycles. The van der Waals surface area contributed by atoms with Gasteiger partial charge in [0.15, 0.2) is 0 Å². The summed E-state index contributed by atoms with van der Waals surface area (Å²) in [6.07, 6.45) is 0. The minimum atomic E-state index is -0.395. The van der Waals surface area contributed by atoms with Crippen LogP contribution < -0.4 is 15.8 Å². The second-order valence-electron chi connectivity index (χ2n) is 5.80. The molecule has 28 heavy (non-hydrogen) atoms. The van der Waals surface area contributed by atoms with E-state index in [9.17, 15) is 14.0 Å². The summed E-state index contributed by atoms with van der Waals surface area (Å²) in [4.78, 5) is 26.4. The highest BCUT2D eigenvalue weighted by Gasteiger charge is 2.22. The lowest BCUT2D eigenvalue weighted by Crippen LogP contribution is -2.40. The van der Waals surface area contributed by atoms with Gasteiger partial charge in [0.05, 0.1) is 29.9 Å². The van der Waals surface area contributed by atoms with Gasteiger partial charge in [0.2, 0.25) is 5.91 Å². The van der Waals surface area contributed by atoms with Gasteiger partial charge in [-0.15, -0.1) is 12.4 Å². The van der Waals surface area contributed by atoms with Crippen molar-refractivity contribution < 1.29 is 18.7 Å². The summed E-state index contributed by atoms with van der Waals surface area (Å²) in [5, 5.41) is 2.94. The van der Waals surface area contributed by atoms with Crippen LogP contribution in [-0.4, -0.2) is 36.9 Å². The quantitative estimate of drug-likeness (QED) is 0.661. The van der Waals surface area contributed by atoms with Crippen molar-refractivity contribution in [2.75, 3.05) is 25.9 Å². The molecule has 0 radical (unpaired) electrons. The fourth-order valence-corrected chi connectivity index (χ4v) is 2.60. The maximum absolute atomic E-state index is 12.9. The molecule has 0 spiro atoms. The van der Waals surface area contributed by atoms with E-state index in [0.29, 0.717) is 12.2 Å². The van der Waals surface area contributed by atoms with Crippen LogP contribution in [0.2, 0.25) is 5.02 Å². The Morgan fingerprint density at radius 3 is 2.46 bits per heavy atom. The van der Waals surface area contributed by atoms with Gasteiger partial charge in [0.25, 0.3) is 5.91 Å². The topological polar surface area (TPSA) is 84.7 Å². The van der Waals surface area contributed by atoms with E-state index in [2.05, 4.69) is 5.32 Å². The predicted octanol–water partition coefficient (Wildman–Crippen LogP) is 3.27. The maximum Gasteiger partial charge on any atom is 0.258 e. The molecule has 2 rings (SSSR count). The SMILES string of the molecule is CCN(CC(=O)NCc1ccc(F)cc1)C(=O)c1cc(Cl)c(N)cc1OC.Cl. The molecule has 0 aliphatic rings. The van der Waals surface area contributed by atoms with Crippen molar-refractivity contribution in [3.05, 3.63) is 58.4 Å². The normalized spacial score (nSPS) is 10.0. The Bertz CT molecular complexity index is 832. The number of rotatable bonds is 7. The van der Waals surface area contributed by atoms with Crippen LogP contribution in [0.4, 0.5) is 10.1 Å². The van der Waals surface area contributed by atoms with E-state index in [-0.39, 0.29) is 53.6 Å². The first-order valence-corrected chi connectivity index (χ1v) is 8.67. The van der Waals surface area contributed by atoms with Crippen molar-refractivity contribution in [2.45, 2.75) is 13.5 Å². The lowest BCUT2D eigenvalue weighted by Gasteiger charge is -2.22. The molecule has 0 bridgehead atoms. The fourth-order valence-electron chi connectivity index (χ4n) is 2.43. The number of nitrogens with zero attached hydrogens (tertiary/aromatic N) is 1. The molecule has 0 fully saturated rings. The van der Waals surface area contributed by atoms with Crippen molar-refractivity contribution in [3.8, 4) is 5.75 Å². The number of ether oxygens (including phenoxy) is 1. The second-order valence-corrected chi connectivity index (χ2v) is 6.20. The Hall–Kier alpha value is -2.51. The van der Waals surface area contributed by atoms with E-state index in [0.717, 1.165) is 5.56 Å². The molecule has 3 N–H and O–H groups in total. The number of carbonyl (C=O) groups excluding carboxylic acids is 2. The minimum Gasteiger partial charge on any atom is -0.496 e. The molecular weight excluding hydrogens is 408 g/mol. The Morgan fingerprint density at radius 1 is 1.25 bits per heavy atom. The van der Waals surface area contributed by atoms with Gasteiger partial charge in [0, 0.05) is 19.2 Å². The number of methoxy groups -OCH3 is 1. The van der Waals surface area contributed by atoms with Crippen LogP contribution in [0.5, 0.6) is 5.75 Å². The number of hydrogen-bond acceptors (Lipinski definition) is 4. The maximum atomic E-state index is 12.9. The number of hydrogen-bond donors (Lipinski definition) is 2. The Morgan fingerprint density at radius 2 is 1.89 bits per heavy atom. The molecule has 0 heterocycles. The zero-order chi connectivity index (χ0) is 20.0. The third-order valence-electron chi connectivity index (χ3n) is 3.96. The van der Waals surface area contributed by atoms with Crippen molar-refractivity contribution in [2.24, 2.45) is 0 Å². The molecule has 0 saturated heterocycles. The number of halogens is 3. The van der Waals surface area contributed by atoms with E-state index in [1.807, 2.05) is 0 Å². The van der Waals surface area contributed by atoms with Crippen LogP contribution in [0.1, 0.15) is 22.8 Å². The number of amides is 2. The zero-order valence-corrected chi connectivity index (χ0v) is 17.1. The van der Waals surface area contributed by atoms with Gasteiger partial charge >= 0.3 is 0 Å². The first-order chi connectivity index (χ1) is 12.8. The summed E-state index contributed by atoms with van der Waals surface area (Å²) < 4.78 is 18.1. The highest BCUT2D eigenvalue weighted by atomic mass is 35.5. The van der Waals surface area contributed by atoms with Crippen LogP contribution in [0, 0.1) is 5.82 Å². The fraction of sp³-hybridized carbons (Fsp3) is 0.263. The van der Waals surface area contributed by atoms with Crippen LogP contribution in [0.25, 0.3) is 0 Å². The van der Waals surface area contributed by atoms with Crippen LogP contribution >= 0.6 is 24.0 Å². The molecule has 0 saturated carbocycles. The van der Waals surface area contributed by atoms with E-state index < -0.39 is 5.91 Å². The average Bonchev–Trinajstić information content (AvgIpc) is 2.66. The van der Waals surface area contributed by atoms with E-state index in [4.69, 9.17) is 22.1 Å². The molecule has 0 aromatic heterocycles. The largest absolute Gasteiger partial charge is 0.496 e. The summed E-state index contributed by atoms with van der Waals surface area (Å²) in [5.74, 6) is -0.792. The molecule has 9 heteroatoms. The van der Waals surface area contributed by atoms with Crippen LogP contribution in [-0.2, 0) is 11.3 Å². The third-order valence-corrected chi connectivity index (χ3v) is 4.28. The summed E-state index contributed by atoms with van der Waals surface area (Å²) >= 11 is 6.01. The first-order valence-electron chi connectivity index (χ1n) is 8.29. The molecule has 0 unspecified atom stereocenters. The lowest BCUT2D eigenvalue weighted by molar-refractivity contribution is -0.121. The number of nitrogens with two attached hydrogens (primary N) is 1. The van der Waals surface area contributed by atoms with Crippen LogP contribution in [0.15, 0.2) is 36.4 Å². The van der Waals surface area contributed by atoms with Gasteiger partial charge in [0.1, 0.15) is 11.6 Å². The predicted molar refractivity (Wildman–Crippen MR) is 109 cm³/mol. The smallest absolute Gasteiger partial charge is 0.258 e. The number of carbonyl (C=O) groups is 2.